The van der Waals surface area contributed by atoms with Gasteiger partial charge in [0.1, 0.15) is 5.75 Å². The average Bonchev–Trinajstić information content (AvgIpc) is 2.29. The molecule has 0 saturated heterocycles. The monoisotopic (exact) mass is 225 g/mol. The summed E-state index contributed by atoms with van der Waals surface area (Å²) in [5, 5.41) is 20.9. The Morgan fingerprint density at radius 2 is 2.19 bits per heavy atom. The summed E-state index contributed by atoms with van der Waals surface area (Å²) in [7, 11) is 1.64. The number of methoxy groups -OCH3 is 1. The fourth-order valence-electron chi connectivity index (χ4n) is 1.48. The minimum Gasteiger partial charge on any atom is -0.496 e. The van der Waals surface area contributed by atoms with E-state index in [0.717, 1.165) is 11.3 Å². The molecule has 4 heteroatoms. The summed E-state index contributed by atoms with van der Waals surface area (Å²) < 4.78 is 5.23. The molecule has 0 aliphatic carbocycles. The van der Waals surface area contributed by atoms with Crippen molar-refractivity contribution >= 4 is 0 Å². The van der Waals surface area contributed by atoms with Crippen LogP contribution in [0.2, 0.25) is 0 Å². The molecule has 0 saturated carbocycles. The van der Waals surface area contributed by atoms with Gasteiger partial charge in [-0.3, -0.25) is 0 Å². The molecule has 4 nitrogen and oxygen atoms in total. The number of aryl methyl sites for hydroxylation is 1. The number of hydrogen-bond acceptors (Lipinski definition) is 4. The van der Waals surface area contributed by atoms with Crippen molar-refractivity contribution in [1.29, 1.82) is 0 Å². The molecule has 0 spiro atoms. The highest BCUT2D eigenvalue weighted by Crippen LogP contribution is 2.19. The first-order valence-electron chi connectivity index (χ1n) is 5.30. The van der Waals surface area contributed by atoms with E-state index in [1.54, 1.807) is 7.11 Å². The Hall–Kier alpha value is -1.10. The Morgan fingerprint density at radius 3 is 2.81 bits per heavy atom. The fraction of sp³-hybridized carbons (Fsp3) is 0.500. The second kappa shape index (κ2) is 6.48. The molecule has 0 amide bonds. The van der Waals surface area contributed by atoms with Crippen molar-refractivity contribution in [2.75, 3.05) is 20.3 Å². The lowest BCUT2D eigenvalue weighted by Crippen LogP contribution is -2.29. The second-order valence-corrected chi connectivity index (χ2v) is 3.78. The zero-order chi connectivity index (χ0) is 12.0. The van der Waals surface area contributed by atoms with Gasteiger partial charge in [0.2, 0.25) is 0 Å². The SMILES string of the molecule is COc1ccc(C)cc1CNC[C@@H](O)CO. The third-order valence-electron chi connectivity index (χ3n) is 2.34. The van der Waals surface area contributed by atoms with E-state index in [9.17, 15) is 5.11 Å². The smallest absolute Gasteiger partial charge is 0.123 e. The van der Waals surface area contributed by atoms with Crippen LogP contribution in [0, 0.1) is 6.92 Å². The molecule has 1 aromatic rings. The van der Waals surface area contributed by atoms with Crippen LogP contribution in [-0.2, 0) is 6.54 Å². The molecule has 0 radical (unpaired) electrons. The van der Waals surface area contributed by atoms with E-state index >= 15 is 0 Å². The number of rotatable bonds is 6. The van der Waals surface area contributed by atoms with Crippen LogP contribution in [0.3, 0.4) is 0 Å². The summed E-state index contributed by atoms with van der Waals surface area (Å²) in [6.07, 6.45) is -0.712. The zero-order valence-electron chi connectivity index (χ0n) is 9.73. The first-order valence-corrected chi connectivity index (χ1v) is 5.30. The van der Waals surface area contributed by atoms with Crippen LogP contribution in [0.25, 0.3) is 0 Å². The molecule has 0 aliphatic heterocycles. The summed E-state index contributed by atoms with van der Waals surface area (Å²) in [4.78, 5) is 0. The molecule has 0 fully saturated rings. The summed E-state index contributed by atoms with van der Waals surface area (Å²) in [6, 6.07) is 5.96. The van der Waals surface area contributed by atoms with E-state index in [2.05, 4.69) is 5.32 Å². The van der Waals surface area contributed by atoms with Crippen molar-refractivity contribution in [1.82, 2.24) is 5.32 Å². The van der Waals surface area contributed by atoms with E-state index in [4.69, 9.17) is 9.84 Å². The summed E-state index contributed by atoms with van der Waals surface area (Å²) >= 11 is 0. The van der Waals surface area contributed by atoms with Gasteiger partial charge in [0, 0.05) is 18.7 Å². The van der Waals surface area contributed by atoms with E-state index in [0.29, 0.717) is 13.1 Å². The maximum absolute atomic E-state index is 9.17. The van der Waals surface area contributed by atoms with Gasteiger partial charge < -0.3 is 20.3 Å². The van der Waals surface area contributed by atoms with Gasteiger partial charge in [0.25, 0.3) is 0 Å². The van der Waals surface area contributed by atoms with Crippen molar-refractivity contribution in [3.8, 4) is 5.75 Å². The van der Waals surface area contributed by atoms with Crippen molar-refractivity contribution in [3.63, 3.8) is 0 Å². The molecule has 16 heavy (non-hydrogen) atoms. The lowest BCUT2D eigenvalue weighted by Gasteiger charge is -2.12. The van der Waals surface area contributed by atoms with Crippen molar-refractivity contribution in [2.45, 2.75) is 19.6 Å². The fourth-order valence-corrected chi connectivity index (χ4v) is 1.48. The van der Waals surface area contributed by atoms with E-state index < -0.39 is 6.10 Å². The molecule has 90 valence electrons. The van der Waals surface area contributed by atoms with Gasteiger partial charge in [-0.05, 0) is 13.0 Å². The van der Waals surface area contributed by atoms with Crippen LogP contribution in [-0.4, -0.2) is 36.6 Å². The number of benzene rings is 1. The predicted octanol–water partition coefficient (Wildman–Crippen LogP) is 0.446. The minimum atomic E-state index is -0.712. The standard InChI is InChI=1S/C12H19NO3/c1-9-3-4-12(16-2)10(5-9)6-13-7-11(15)8-14/h3-5,11,13-15H,6-8H2,1-2H3/t11-/m1/s1. The zero-order valence-corrected chi connectivity index (χ0v) is 9.73. The number of ether oxygens (including phenoxy) is 1. The Labute approximate surface area is 95.9 Å². The number of nitrogens with one attached hydrogen (secondary N) is 1. The minimum absolute atomic E-state index is 0.224. The molecule has 0 unspecified atom stereocenters. The average molecular weight is 225 g/mol. The molecule has 3 N–H and O–H groups in total. The Balaban J connectivity index is 2.55. The van der Waals surface area contributed by atoms with Crippen LogP contribution in [0.4, 0.5) is 0 Å². The Bertz CT molecular complexity index is 328. The predicted molar refractivity (Wildman–Crippen MR) is 62.5 cm³/mol. The summed E-state index contributed by atoms with van der Waals surface area (Å²) in [5.41, 5.74) is 2.22. The quantitative estimate of drug-likeness (QED) is 0.657. The van der Waals surface area contributed by atoms with Crippen LogP contribution in [0.5, 0.6) is 5.75 Å². The molecular formula is C12H19NO3. The van der Waals surface area contributed by atoms with Crippen LogP contribution < -0.4 is 10.1 Å². The largest absolute Gasteiger partial charge is 0.496 e. The highest BCUT2D eigenvalue weighted by Gasteiger charge is 2.04. The molecular weight excluding hydrogens is 206 g/mol. The van der Waals surface area contributed by atoms with Crippen molar-refractivity contribution in [2.24, 2.45) is 0 Å². The summed E-state index contributed by atoms with van der Waals surface area (Å²) in [5.74, 6) is 0.830. The Kier molecular flexibility index (Phi) is 5.25. The van der Waals surface area contributed by atoms with E-state index in [-0.39, 0.29) is 6.61 Å². The van der Waals surface area contributed by atoms with Gasteiger partial charge in [-0.1, -0.05) is 17.7 Å². The molecule has 0 bridgehead atoms. The topological polar surface area (TPSA) is 61.7 Å². The third-order valence-corrected chi connectivity index (χ3v) is 2.34. The third kappa shape index (κ3) is 3.81. The maximum atomic E-state index is 9.17. The highest BCUT2D eigenvalue weighted by atomic mass is 16.5. The first-order chi connectivity index (χ1) is 7.67. The van der Waals surface area contributed by atoms with Gasteiger partial charge in [-0.25, -0.2) is 0 Å². The molecule has 1 atom stereocenters. The number of hydrogen-bond donors (Lipinski definition) is 3. The molecule has 0 aliphatic rings. The first kappa shape index (κ1) is 13.0. The molecule has 0 aromatic heterocycles. The van der Waals surface area contributed by atoms with Gasteiger partial charge in [-0.2, -0.15) is 0 Å². The van der Waals surface area contributed by atoms with Gasteiger partial charge in [-0.15, -0.1) is 0 Å². The van der Waals surface area contributed by atoms with E-state index in [1.165, 1.54) is 5.56 Å². The van der Waals surface area contributed by atoms with Crippen molar-refractivity contribution in [3.05, 3.63) is 29.3 Å². The lowest BCUT2D eigenvalue weighted by atomic mass is 10.1. The van der Waals surface area contributed by atoms with Gasteiger partial charge in [0.15, 0.2) is 0 Å². The number of aliphatic hydroxyl groups excluding tert-OH is 2. The summed E-state index contributed by atoms with van der Waals surface area (Å²) in [6.45, 7) is 2.78. The molecule has 1 aromatic carbocycles. The maximum Gasteiger partial charge on any atom is 0.123 e. The van der Waals surface area contributed by atoms with Crippen LogP contribution >= 0.6 is 0 Å². The number of aliphatic hydroxyl groups is 2. The second-order valence-electron chi connectivity index (χ2n) is 3.78. The highest BCUT2D eigenvalue weighted by molar-refractivity contribution is 5.36. The molecule has 0 heterocycles. The molecule has 1 rings (SSSR count). The van der Waals surface area contributed by atoms with Crippen LogP contribution in [0.15, 0.2) is 18.2 Å². The normalized spacial score (nSPS) is 12.5. The van der Waals surface area contributed by atoms with Crippen LogP contribution in [0.1, 0.15) is 11.1 Å². The van der Waals surface area contributed by atoms with Gasteiger partial charge >= 0.3 is 0 Å². The Morgan fingerprint density at radius 1 is 1.44 bits per heavy atom. The van der Waals surface area contributed by atoms with Crippen molar-refractivity contribution < 1.29 is 14.9 Å². The lowest BCUT2D eigenvalue weighted by molar-refractivity contribution is 0.0942. The van der Waals surface area contributed by atoms with Gasteiger partial charge in [0.05, 0.1) is 19.8 Å². The van der Waals surface area contributed by atoms with E-state index in [1.807, 2.05) is 25.1 Å².